The van der Waals surface area contributed by atoms with Gasteiger partial charge in [0.15, 0.2) is 0 Å². The summed E-state index contributed by atoms with van der Waals surface area (Å²) in [6.07, 6.45) is 5.10. The maximum Gasteiger partial charge on any atom is 0.142 e. The van der Waals surface area contributed by atoms with Gasteiger partial charge in [-0.05, 0) is 37.6 Å². The summed E-state index contributed by atoms with van der Waals surface area (Å²) in [6, 6.07) is 4.87. The smallest absolute Gasteiger partial charge is 0.142 e. The van der Waals surface area contributed by atoms with Gasteiger partial charge in [0.05, 0.1) is 5.02 Å². The molecule has 0 aromatic heterocycles. The second kappa shape index (κ2) is 6.59. The van der Waals surface area contributed by atoms with Crippen LogP contribution in [0.15, 0.2) is 30.4 Å². The normalized spacial score (nSPS) is 11.1. The number of hydrogen-bond donors (Lipinski definition) is 1. The quantitative estimate of drug-likeness (QED) is 0.600. The van der Waals surface area contributed by atoms with Gasteiger partial charge in [0, 0.05) is 6.54 Å². The van der Waals surface area contributed by atoms with Gasteiger partial charge in [-0.15, -0.1) is 0 Å². The van der Waals surface area contributed by atoms with E-state index in [9.17, 15) is 4.39 Å². The lowest BCUT2D eigenvalue weighted by Gasteiger charge is -2.03. The molecule has 0 saturated heterocycles. The fourth-order valence-corrected chi connectivity index (χ4v) is 1.35. The van der Waals surface area contributed by atoms with Crippen LogP contribution in [0.1, 0.15) is 18.9 Å². The van der Waals surface area contributed by atoms with Crippen LogP contribution in [0.3, 0.4) is 0 Å². The molecule has 0 fully saturated rings. The Balaban J connectivity index is 2.34. The van der Waals surface area contributed by atoms with E-state index in [4.69, 9.17) is 11.6 Å². The lowest BCUT2D eigenvalue weighted by molar-refractivity contribution is 0.621. The lowest BCUT2D eigenvalue weighted by atomic mass is 10.2. The molecule has 0 amide bonds. The average Bonchev–Trinajstić information content (AvgIpc) is 2.23. The first-order valence-corrected chi connectivity index (χ1v) is 5.37. The molecule has 0 heterocycles. The summed E-state index contributed by atoms with van der Waals surface area (Å²) in [6.45, 7) is 3.56. The highest BCUT2D eigenvalue weighted by Crippen LogP contribution is 2.15. The van der Waals surface area contributed by atoms with Crippen LogP contribution in [0.5, 0.6) is 0 Å². The Morgan fingerprint density at radius 1 is 1.47 bits per heavy atom. The predicted molar refractivity (Wildman–Crippen MR) is 62.5 cm³/mol. The van der Waals surface area contributed by atoms with Crippen molar-refractivity contribution in [1.29, 1.82) is 0 Å². The molecule has 0 atom stereocenters. The van der Waals surface area contributed by atoms with E-state index in [1.54, 1.807) is 6.07 Å². The summed E-state index contributed by atoms with van der Waals surface area (Å²) < 4.78 is 13.0. The van der Waals surface area contributed by atoms with Crippen LogP contribution in [-0.2, 0) is 6.54 Å². The molecule has 0 spiro atoms. The highest BCUT2D eigenvalue weighted by atomic mass is 35.5. The molecule has 1 aromatic carbocycles. The van der Waals surface area contributed by atoms with Crippen molar-refractivity contribution in [2.24, 2.45) is 0 Å². The van der Waals surface area contributed by atoms with Crippen molar-refractivity contribution in [1.82, 2.24) is 5.32 Å². The summed E-state index contributed by atoms with van der Waals surface area (Å²) >= 11 is 5.58. The molecule has 0 bridgehead atoms. The summed E-state index contributed by atoms with van der Waals surface area (Å²) in [5, 5.41) is 3.40. The standard InChI is InChI=1S/C12H15ClFN/c1-2-3-4-7-15-9-10-5-6-11(13)12(14)8-10/h2-3,5-6,8,15H,4,7,9H2,1H3/b3-2+. The predicted octanol–water partition coefficient (Wildman–Crippen LogP) is 3.53. The van der Waals surface area contributed by atoms with E-state index in [1.807, 2.05) is 19.1 Å². The minimum absolute atomic E-state index is 0.174. The molecule has 0 saturated carbocycles. The van der Waals surface area contributed by atoms with Gasteiger partial charge in [0.25, 0.3) is 0 Å². The zero-order valence-electron chi connectivity index (χ0n) is 8.76. The van der Waals surface area contributed by atoms with Gasteiger partial charge in [-0.3, -0.25) is 0 Å². The van der Waals surface area contributed by atoms with Crippen molar-refractivity contribution < 1.29 is 4.39 Å². The molecule has 3 heteroatoms. The first-order chi connectivity index (χ1) is 7.24. The van der Waals surface area contributed by atoms with Crippen molar-refractivity contribution in [3.05, 3.63) is 46.8 Å². The summed E-state index contributed by atoms with van der Waals surface area (Å²) in [5.41, 5.74) is 0.914. The molecular formula is C12H15ClFN. The largest absolute Gasteiger partial charge is 0.312 e. The maximum atomic E-state index is 13.0. The molecule has 0 radical (unpaired) electrons. The van der Waals surface area contributed by atoms with Crippen LogP contribution < -0.4 is 5.32 Å². The van der Waals surface area contributed by atoms with E-state index in [-0.39, 0.29) is 10.8 Å². The Morgan fingerprint density at radius 3 is 2.93 bits per heavy atom. The van der Waals surface area contributed by atoms with Gasteiger partial charge in [-0.2, -0.15) is 0 Å². The fraction of sp³-hybridized carbons (Fsp3) is 0.333. The first kappa shape index (κ1) is 12.2. The molecule has 0 aliphatic rings. The molecule has 1 nitrogen and oxygen atoms in total. The zero-order chi connectivity index (χ0) is 11.1. The molecule has 0 aliphatic carbocycles. The van der Waals surface area contributed by atoms with Crippen molar-refractivity contribution >= 4 is 11.6 Å². The molecular weight excluding hydrogens is 213 g/mol. The Morgan fingerprint density at radius 2 is 2.27 bits per heavy atom. The van der Waals surface area contributed by atoms with Crippen LogP contribution >= 0.6 is 11.6 Å². The lowest BCUT2D eigenvalue weighted by Crippen LogP contribution is -2.14. The van der Waals surface area contributed by atoms with Crippen molar-refractivity contribution in [2.75, 3.05) is 6.54 Å². The number of rotatable bonds is 5. The Labute approximate surface area is 95.0 Å². The highest BCUT2D eigenvalue weighted by molar-refractivity contribution is 6.30. The number of allylic oxidation sites excluding steroid dienone is 1. The Kier molecular flexibility index (Phi) is 5.37. The Bertz CT molecular complexity index is 336. The first-order valence-electron chi connectivity index (χ1n) is 5.00. The number of halogens is 2. The maximum absolute atomic E-state index is 13.0. The third kappa shape index (κ3) is 4.45. The van der Waals surface area contributed by atoms with E-state index in [0.717, 1.165) is 18.5 Å². The van der Waals surface area contributed by atoms with Crippen LogP contribution in [0.25, 0.3) is 0 Å². The van der Waals surface area contributed by atoms with Crippen molar-refractivity contribution in [2.45, 2.75) is 19.9 Å². The van der Waals surface area contributed by atoms with E-state index < -0.39 is 0 Å². The SMILES string of the molecule is C/C=C/CCNCc1ccc(Cl)c(F)c1. The van der Waals surface area contributed by atoms with Gasteiger partial charge in [-0.25, -0.2) is 4.39 Å². The zero-order valence-corrected chi connectivity index (χ0v) is 9.52. The second-order valence-electron chi connectivity index (χ2n) is 3.28. The van der Waals surface area contributed by atoms with Gasteiger partial charge in [-0.1, -0.05) is 29.8 Å². The van der Waals surface area contributed by atoms with Gasteiger partial charge < -0.3 is 5.32 Å². The number of benzene rings is 1. The number of nitrogens with one attached hydrogen (secondary N) is 1. The molecule has 82 valence electrons. The van der Waals surface area contributed by atoms with Crippen LogP contribution in [0, 0.1) is 5.82 Å². The van der Waals surface area contributed by atoms with Crippen molar-refractivity contribution in [3.63, 3.8) is 0 Å². The van der Waals surface area contributed by atoms with Gasteiger partial charge >= 0.3 is 0 Å². The molecule has 15 heavy (non-hydrogen) atoms. The second-order valence-corrected chi connectivity index (χ2v) is 3.69. The topological polar surface area (TPSA) is 12.0 Å². The minimum Gasteiger partial charge on any atom is -0.312 e. The summed E-state index contributed by atoms with van der Waals surface area (Å²) in [5.74, 6) is -0.357. The molecule has 1 N–H and O–H groups in total. The molecule has 0 aliphatic heterocycles. The van der Waals surface area contributed by atoms with Crippen LogP contribution in [0.4, 0.5) is 4.39 Å². The Hall–Kier alpha value is -0.860. The van der Waals surface area contributed by atoms with E-state index in [2.05, 4.69) is 11.4 Å². The summed E-state index contributed by atoms with van der Waals surface area (Å²) in [7, 11) is 0. The highest BCUT2D eigenvalue weighted by Gasteiger charge is 1.99. The van der Waals surface area contributed by atoms with E-state index in [1.165, 1.54) is 6.07 Å². The molecule has 1 rings (SSSR count). The average molecular weight is 228 g/mol. The van der Waals surface area contributed by atoms with Gasteiger partial charge in [0.1, 0.15) is 5.82 Å². The summed E-state index contributed by atoms with van der Waals surface area (Å²) in [4.78, 5) is 0. The third-order valence-corrected chi connectivity index (χ3v) is 2.34. The van der Waals surface area contributed by atoms with Crippen LogP contribution in [-0.4, -0.2) is 6.54 Å². The van der Waals surface area contributed by atoms with Crippen molar-refractivity contribution in [3.8, 4) is 0 Å². The number of hydrogen-bond acceptors (Lipinski definition) is 1. The fourth-order valence-electron chi connectivity index (χ4n) is 1.23. The molecule has 0 unspecified atom stereocenters. The van der Waals surface area contributed by atoms with E-state index >= 15 is 0 Å². The third-order valence-electron chi connectivity index (χ3n) is 2.04. The minimum atomic E-state index is -0.357. The van der Waals surface area contributed by atoms with Gasteiger partial charge in [0.2, 0.25) is 0 Å². The molecule has 1 aromatic rings. The monoisotopic (exact) mass is 227 g/mol. The van der Waals surface area contributed by atoms with Crippen LogP contribution in [0.2, 0.25) is 5.02 Å². The van der Waals surface area contributed by atoms with E-state index in [0.29, 0.717) is 6.54 Å².